The van der Waals surface area contributed by atoms with Gasteiger partial charge in [-0.05, 0) is 63.8 Å². The average molecular weight is 695 g/mol. The number of rotatable bonds is 20. The zero-order chi connectivity index (χ0) is 36.8. The van der Waals surface area contributed by atoms with Gasteiger partial charge in [0, 0.05) is 24.3 Å². The highest BCUT2D eigenvalue weighted by Crippen LogP contribution is 2.36. The molecule has 0 aliphatic rings. The molecule has 0 spiro atoms. The Balaban J connectivity index is 1.68. The van der Waals surface area contributed by atoms with Crippen LogP contribution in [0.4, 0.5) is 22.7 Å². The minimum absolute atomic E-state index is 0.0262. The first kappa shape index (κ1) is 39.0. The third-order valence-corrected chi connectivity index (χ3v) is 7.92. The van der Waals surface area contributed by atoms with E-state index in [9.17, 15) is 29.8 Å². The smallest absolute Gasteiger partial charge is 0.345 e. The fourth-order valence-corrected chi connectivity index (χ4v) is 5.16. The molecule has 4 N–H and O–H groups in total. The third-order valence-electron chi connectivity index (χ3n) is 7.92. The number of carbonyl (C=O) groups is 2. The first-order valence-corrected chi connectivity index (χ1v) is 16.9. The minimum Gasteiger partial charge on any atom is -0.484 e. The maximum Gasteiger partial charge on any atom is 0.345 e. The monoisotopic (exact) mass is 694 g/mol. The summed E-state index contributed by atoms with van der Waals surface area (Å²) in [5.74, 6) is -1.94. The van der Waals surface area contributed by atoms with Gasteiger partial charge in [-0.15, -0.1) is 0 Å². The summed E-state index contributed by atoms with van der Waals surface area (Å²) in [5, 5.41) is 23.6. The fraction of sp³-hybridized carbons (Fsp3) is 0.444. The van der Waals surface area contributed by atoms with Gasteiger partial charge in [-0.2, -0.15) is 0 Å². The molecule has 0 saturated heterocycles. The lowest BCUT2D eigenvalue weighted by molar-refractivity contribution is -0.386. The molecule has 0 bridgehead atoms. The molecule has 0 aliphatic heterocycles. The maximum absolute atomic E-state index is 13.0. The van der Waals surface area contributed by atoms with E-state index >= 15 is 0 Å². The summed E-state index contributed by atoms with van der Waals surface area (Å²) in [6.45, 7) is 7.84. The summed E-state index contributed by atoms with van der Waals surface area (Å²) in [6, 6.07) is 9.82. The van der Waals surface area contributed by atoms with E-state index in [4.69, 9.17) is 30.4 Å². The van der Waals surface area contributed by atoms with Crippen LogP contribution in [-0.2, 0) is 0 Å². The lowest BCUT2D eigenvalue weighted by Gasteiger charge is -2.16. The third kappa shape index (κ3) is 11.3. The van der Waals surface area contributed by atoms with Crippen molar-refractivity contribution in [2.24, 2.45) is 0 Å². The lowest BCUT2D eigenvalue weighted by Crippen LogP contribution is -2.16. The van der Waals surface area contributed by atoms with Crippen molar-refractivity contribution in [1.29, 1.82) is 0 Å². The standard InChI is InChI=1S/C36H46N4O10/c1-5-7-9-11-13-23(3)47-33-21-29(37)27(19-31(33)39(43)44)35(41)49-25-15-17-26(18-16-25)50-36(42)28-20-32(40(45)46)34(22-30(28)38)48-24(4)14-12-10-8-6-2/h15-24H,5-14,37-38H2,1-4H3/t23-,24-/m1/s1. The quantitative estimate of drug-likeness (QED) is 0.0284. The van der Waals surface area contributed by atoms with Crippen LogP contribution in [0, 0.1) is 20.2 Å². The van der Waals surface area contributed by atoms with E-state index in [2.05, 4.69) is 13.8 Å². The van der Waals surface area contributed by atoms with Crippen molar-refractivity contribution < 1.29 is 38.4 Å². The van der Waals surface area contributed by atoms with Crippen molar-refractivity contribution in [3.63, 3.8) is 0 Å². The Bertz CT molecular complexity index is 1520. The lowest BCUT2D eigenvalue weighted by atomic mass is 10.1. The second kappa shape index (κ2) is 19.0. The summed E-state index contributed by atoms with van der Waals surface area (Å²) >= 11 is 0. The molecule has 3 aromatic rings. The van der Waals surface area contributed by atoms with Crippen LogP contribution in [0.25, 0.3) is 0 Å². The van der Waals surface area contributed by atoms with E-state index in [1.807, 2.05) is 13.8 Å². The number of esters is 2. The van der Waals surface area contributed by atoms with Crippen molar-refractivity contribution in [2.45, 2.75) is 104 Å². The van der Waals surface area contributed by atoms with E-state index in [0.29, 0.717) is 12.8 Å². The second-order valence-corrected chi connectivity index (χ2v) is 12.1. The van der Waals surface area contributed by atoms with Crippen LogP contribution in [0.2, 0.25) is 0 Å². The number of nitrogen functional groups attached to an aromatic ring is 2. The van der Waals surface area contributed by atoms with E-state index in [-0.39, 0.29) is 57.7 Å². The molecule has 0 unspecified atom stereocenters. The Hall–Kier alpha value is -5.40. The van der Waals surface area contributed by atoms with Gasteiger partial charge in [0.2, 0.25) is 0 Å². The molecule has 270 valence electrons. The Morgan fingerprint density at radius 3 is 1.32 bits per heavy atom. The topological polar surface area (TPSA) is 209 Å². The Morgan fingerprint density at radius 1 is 0.640 bits per heavy atom. The van der Waals surface area contributed by atoms with Gasteiger partial charge < -0.3 is 30.4 Å². The molecule has 0 radical (unpaired) electrons. The molecule has 2 atom stereocenters. The number of hydrogen-bond donors (Lipinski definition) is 2. The van der Waals surface area contributed by atoms with Crippen molar-refractivity contribution in [3.05, 3.63) is 79.9 Å². The van der Waals surface area contributed by atoms with Crippen molar-refractivity contribution in [3.8, 4) is 23.0 Å². The molecule has 0 amide bonds. The highest BCUT2D eigenvalue weighted by atomic mass is 16.6. The number of nitrogens with two attached hydrogens (primary N) is 2. The molecule has 3 rings (SSSR count). The molecule has 3 aromatic carbocycles. The maximum atomic E-state index is 13.0. The van der Waals surface area contributed by atoms with Crippen molar-refractivity contribution in [2.75, 3.05) is 11.5 Å². The largest absolute Gasteiger partial charge is 0.484 e. The molecule has 0 heterocycles. The van der Waals surface area contributed by atoms with Gasteiger partial charge in [-0.1, -0.05) is 52.4 Å². The zero-order valence-corrected chi connectivity index (χ0v) is 29.0. The van der Waals surface area contributed by atoms with Crippen LogP contribution in [0.15, 0.2) is 48.5 Å². The predicted octanol–water partition coefficient (Wildman–Crippen LogP) is 8.58. The second-order valence-electron chi connectivity index (χ2n) is 12.1. The van der Waals surface area contributed by atoms with E-state index < -0.39 is 33.2 Å². The Labute approximate surface area is 291 Å². The summed E-state index contributed by atoms with van der Waals surface area (Å²) in [4.78, 5) is 48.2. The van der Waals surface area contributed by atoms with Crippen molar-refractivity contribution in [1.82, 2.24) is 0 Å². The molecule has 0 aliphatic carbocycles. The number of nitro benzene ring substituents is 2. The summed E-state index contributed by atoms with van der Waals surface area (Å²) < 4.78 is 22.3. The SMILES string of the molecule is CCCCCC[C@@H](C)Oc1cc(N)c(C(=O)Oc2ccc(OC(=O)c3cc([N+](=O)[O-])c(O[C@H](C)CCCCCC)cc3N)cc2)cc1[N+](=O)[O-]. The zero-order valence-electron chi connectivity index (χ0n) is 29.0. The van der Waals surface area contributed by atoms with Gasteiger partial charge in [0.25, 0.3) is 0 Å². The first-order valence-electron chi connectivity index (χ1n) is 16.9. The van der Waals surface area contributed by atoms with Crippen LogP contribution in [-0.4, -0.2) is 34.0 Å². The van der Waals surface area contributed by atoms with E-state index in [1.54, 1.807) is 0 Å². The fourth-order valence-electron chi connectivity index (χ4n) is 5.16. The number of carbonyl (C=O) groups excluding carboxylic acids is 2. The Kier molecular flexibility index (Phi) is 14.8. The number of nitrogens with zero attached hydrogens (tertiary/aromatic N) is 2. The first-order chi connectivity index (χ1) is 23.8. The number of hydrogen-bond acceptors (Lipinski definition) is 12. The van der Waals surface area contributed by atoms with Crippen LogP contribution in [0.1, 0.15) is 113 Å². The van der Waals surface area contributed by atoms with Gasteiger partial charge in [0.1, 0.15) is 11.5 Å². The molecule has 14 nitrogen and oxygen atoms in total. The van der Waals surface area contributed by atoms with Crippen LogP contribution >= 0.6 is 0 Å². The van der Waals surface area contributed by atoms with Crippen LogP contribution < -0.4 is 30.4 Å². The van der Waals surface area contributed by atoms with Crippen molar-refractivity contribution >= 4 is 34.7 Å². The minimum atomic E-state index is -0.952. The summed E-state index contributed by atoms with van der Waals surface area (Å²) in [7, 11) is 0. The molecule has 0 saturated carbocycles. The molecule has 50 heavy (non-hydrogen) atoms. The highest BCUT2D eigenvalue weighted by molar-refractivity contribution is 5.98. The molecule has 0 fully saturated rings. The van der Waals surface area contributed by atoms with Gasteiger partial charge in [0.15, 0.2) is 11.5 Å². The number of anilines is 2. The van der Waals surface area contributed by atoms with Gasteiger partial charge >= 0.3 is 23.3 Å². The number of ether oxygens (including phenoxy) is 4. The van der Waals surface area contributed by atoms with Gasteiger partial charge in [0.05, 0.1) is 44.6 Å². The van der Waals surface area contributed by atoms with Crippen LogP contribution in [0.5, 0.6) is 23.0 Å². The van der Waals surface area contributed by atoms with E-state index in [1.165, 1.54) is 36.4 Å². The molecule has 14 heteroatoms. The number of benzene rings is 3. The van der Waals surface area contributed by atoms with Gasteiger partial charge in [-0.3, -0.25) is 20.2 Å². The van der Waals surface area contributed by atoms with Gasteiger partial charge in [-0.25, -0.2) is 9.59 Å². The van der Waals surface area contributed by atoms with Crippen LogP contribution in [0.3, 0.4) is 0 Å². The predicted molar refractivity (Wildman–Crippen MR) is 189 cm³/mol. The normalized spacial score (nSPS) is 12.1. The molecule has 0 aromatic heterocycles. The number of unbranched alkanes of at least 4 members (excludes halogenated alkanes) is 6. The summed E-state index contributed by atoms with van der Waals surface area (Å²) in [5.41, 5.74) is 10.7. The summed E-state index contributed by atoms with van der Waals surface area (Å²) in [6.07, 6.45) is 9.07. The Morgan fingerprint density at radius 2 is 1.00 bits per heavy atom. The highest BCUT2D eigenvalue weighted by Gasteiger charge is 2.26. The average Bonchev–Trinajstić information content (AvgIpc) is 3.05. The molecular formula is C36H46N4O10. The van der Waals surface area contributed by atoms with E-state index in [0.717, 1.165) is 63.5 Å². The molecular weight excluding hydrogens is 648 g/mol. The number of nitro groups is 2.